The second-order valence-corrected chi connectivity index (χ2v) is 5.86. The number of halogens is 2. The van der Waals surface area contributed by atoms with Gasteiger partial charge in [0.1, 0.15) is 0 Å². The van der Waals surface area contributed by atoms with E-state index in [0.717, 1.165) is 35.1 Å². The summed E-state index contributed by atoms with van der Waals surface area (Å²) < 4.78 is 27.9. The summed E-state index contributed by atoms with van der Waals surface area (Å²) >= 11 is 1.54. The molecule has 0 amide bonds. The van der Waals surface area contributed by atoms with Crippen molar-refractivity contribution in [3.8, 4) is 0 Å². The monoisotopic (exact) mass is 314 g/mol. The van der Waals surface area contributed by atoms with Crippen molar-refractivity contribution in [2.75, 3.05) is 0 Å². The summed E-state index contributed by atoms with van der Waals surface area (Å²) in [4.78, 5) is 29.4. The van der Waals surface area contributed by atoms with Crippen LogP contribution in [-0.4, -0.2) is 21.5 Å². The lowest BCUT2D eigenvalue weighted by molar-refractivity contribution is 0.100. The smallest absolute Gasteiger partial charge is 0.188 e. The number of carbonyl (C=O) groups is 2. The van der Waals surface area contributed by atoms with Gasteiger partial charge in [-0.1, -0.05) is 0 Å². The molecule has 2 aromatic heterocycles. The van der Waals surface area contributed by atoms with Crippen LogP contribution in [0.4, 0.5) is 8.78 Å². The summed E-state index contributed by atoms with van der Waals surface area (Å²) in [6.45, 7) is 2.59. The van der Waals surface area contributed by atoms with Crippen molar-refractivity contribution in [1.82, 2.24) is 9.97 Å². The molecule has 0 saturated heterocycles. The molecule has 0 aliphatic rings. The molecule has 8 heteroatoms. The Morgan fingerprint density at radius 2 is 1.25 bits per heavy atom. The fourth-order valence-corrected chi connectivity index (χ4v) is 2.78. The van der Waals surface area contributed by atoms with E-state index in [1.165, 1.54) is 13.8 Å². The predicted molar refractivity (Wildman–Crippen MR) is 73.3 cm³/mol. The van der Waals surface area contributed by atoms with E-state index < -0.39 is 11.7 Å². The third kappa shape index (κ3) is 2.86. The van der Waals surface area contributed by atoms with Crippen LogP contribution in [0.2, 0.25) is 0 Å². The van der Waals surface area contributed by atoms with Gasteiger partial charge in [0.25, 0.3) is 0 Å². The fraction of sp³-hybridized carbons (Fsp3) is 0.167. The Kier molecular flexibility index (Phi) is 4.15. The van der Waals surface area contributed by atoms with Gasteiger partial charge in [-0.3, -0.25) is 9.59 Å². The number of ketones is 2. The lowest BCUT2D eigenvalue weighted by Crippen LogP contribution is -1.87. The molecule has 0 fully saturated rings. The Balaban J connectivity index is 2.38. The molecule has 0 N–H and O–H groups in total. The summed E-state index contributed by atoms with van der Waals surface area (Å²) in [5, 5.41) is 0.216. The molecule has 0 aliphatic carbocycles. The average Bonchev–Trinajstić information content (AvgIpc) is 3.05. The number of hydrogen-bond acceptors (Lipinski definition) is 6. The Labute approximate surface area is 120 Å². The minimum atomic E-state index is -1.12. The summed E-state index contributed by atoms with van der Waals surface area (Å²) in [6, 6.07) is 0. The van der Waals surface area contributed by atoms with Gasteiger partial charge in [-0.2, -0.15) is 0 Å². The van der Waals surface area contributed by atoms with Crippen molar-refractivity contribution in [1.29, 1.82) is 0 Å². The van der Waals surface area contributed by atoms with Crippen LogP contribution in [0.1, 0.15) is 43.2 Å². The quantitative estimate of drug-likeness (QED) is 0.806. The lowest BCUT2D eigenvalue weighted by atomic mass is 10.3. The third-order valence-electron chi connectivity index (χ3n) is 2.24. The number of rotatable bonds is 4. The van der Waals surface area contributed by atoms with Crippen molar-refractivity contribution in [3.63, 3.8) is 0 Å². The molecule has 2 aromatic rings. The molecule has 0 radical (unpaired) electrons. The standard InChI is InChI=1S/C12H8F2N2O2S2/c1-5(17)11-15-3-7(19-11)9(13)10(14)8-4-16-12(20-8)6(2)18/h3-4H,1-2H3/b10-9-. The zero-order valence-electron chi connectivity index (χ0n) is 10.4. The van der Waals surface area contributed by atoms with Gasteiger partial charge in [0.15, 0.2) is 33.2 Å². The Bertz CT molecular complexity index is 658. The number of hydrogen-bond donors (Lipinski definition) is 0. The number of Topliss-reactive ketones (excluding diaryl/α,β-unsaturated/α-hetero) is 2. The Morgan fingerprint density at radius 1 is 0.900 bits per heavy atom. The van der Waals surface area contributed by atoms with E-state index in [1.54, 1.807) is 0 Å². The summed E-state index contributed by atoms with van der Waals surface area (Å²) in [5.41, 5.74) is 0. The van der Waals surface area contributed by atoms with Crippen LogP contribution in [0.15, 0.2) is 12.4 Å². The summed E-state index contributed by atoms with van der Waals surface area (Å²) in [7, 11) is 0. The first kappa shape index (κ1) is 14.6. The van der Waals surface area contributed by atoms with Crippen LogP contribution in [0.3, 0.4) is 0 Å². The largest absolute Gasteiger partial charge is 0.292 e. The van der Waals surface area contributed by atoms with Gasteiger partial charge < -0.3 is 0 Å². The predicted octanol–water partition coefficient (Wildman–Crippen LogP) is 3.77. The highest BCUT2D eigenvalue weighted by Gasteiger charge is 2.18. The molecule has 20 heavy (non-hydrogen) atoms. The van der Waals surface area contributed by atoms with Crippen LogP contribution in [0, 0.1) is 0 Å². The molecule has 0 spiro atoms. The second-order valence-electron chi connectivity index (χ2n) is 3.80. The van der Waals surface area contributed by atoms with Crippen molar-refractivity contribution in [2.24, 2.45) is 0 Å². The minimum absolute atomic E-state index is 0.0783. The van der Waals surface area contributed by atoms with Crippen molar-refractivity contribution in [2.45, 2.75) is 13.8 Å². The summed E-state index contributed by atoms with van der Waals surface area (Å²) in [5.74, 6) is -2.86. The molecule has 0 unspecified atom stereocenters. The van der Waals surface area contributed by atoms with Gasteiger partial charge in [-0.25, -0.2) is 18.7 Å². The lowest BCUT2D eigenvalue weighted by Gasteiger charge is -1.94. The zero-order valence-corrected chi connectivity index (χ0v) is 12.1. The first-order chi connectivity index (χ1) is 9.40. The second kappa shape index (κ2) is 5.68. The van der Waals surface area contributed by atoms with Crippen LogP contribution in [0.25, 0.3) is 11.7 Å². The molecule has 0 aliphatic heterocycles. The highest BCUT2D eigenvalue weighted by molar-refractivity contribution is 7.15. The van der Waals surface area contributed by atoms with Gasteiger partial charge in [-0.15, -0.1) is 22.7 Å². The Morgan fingerprint density at radius 3 is 1.50 bits per heavy atom. The normalized spacial score (nSPS) is 12.2. The van der Waals surface area contributed by atoms with Crippen molar-refractivity contribution < 1.29 is 18.4 Å². The van der Waals surface area contributed by atoms with Gasteiger partial charge in [0, 0.05) is 26.2 Å². The van der Waals surface area contributed by atoms with E-state index in [1.807, 2.05) is 0 Å². The van der Waals surface area contributed by atoms with Crippen LogP contribution < -0.4 is 0 Å². The molecule has 4 nitrogen and oxygen atoms in total. The number of nitrogens with zero attached hydrogens (tertiary/aromatic N) is 2. The van der Waals surface area contributed by atoms with Crippen molar-refractivity contribution >= 4 is 45.9 Å². The van der Waals surface area contributed by atoms with E-state index in [4.69, 9.17) is 0 Å². The van der Waals surface area contributed by atoms with Gasteiger partial charge in [-0.05, 0) is 0 Å². The van der Waals surface area contributed by atoms with E-state index in [9.17, 15) is 18.4 Å². The van der Waals surface area contributed by atoms with Crippen LogP contribution in [0.5, 0.6) is 0 Å². The Hall–Kier alpha value is -1.80. The number of aromatic nitrogens is 2. The fourth-order valence-electron chi connectivity index (χ4n) is 1.29. The highest BCUT2D eigenvalue weighted by Crippen LogP contribution is 2.34. The molecule has 0 aromatic carbocycles. The first-order valence-corrected chi connectivity index (χ1v) is 7.03. The maximum Gasteiger partial charge on any atom is 0.188 e. The van der Waals surface area contributed by atoms with Gasteiger partial charge >= 0.3 is 0 Å². The number of carbonyl (C=O) groups excluding carboxylic acids is 2. The first-order valence-electron chi connectivity index (χ1n) is 5.39. The van der Waals surface area contributed by atoms with Gasteiger partial charge in [0.2, 0.25) is 0 Å². The van der Waals surface area contributed by atoms with Gasteiger partial charge in [0.05, 0.1) is 9.75 Å². The molecule has 0 atom stereocenters. The SMILES string of the molecule is CC(=O)c1ncc(/C(F)=C(/F)c2cnc(C(C)=O)s2)s1. The third-order valence-corrected chi connectivity index (χ3v) is 4.42. The number of thiazole rings is 2. The van der Waals surface area contributed by atoms with E-state index in [0.29, 0.717) is 0 Å². The van der Waals surface area contributed by atoms with E-state index >= 15 is 0 Å². The van der Waals surface area contributed by atoms with Crippen LogP contribution >= 0.6 is 22.7 Å². The minimum Gasteiger partial charge on any atom is -0.292 e. The molecule has 0 saturated carbocycles. The molecule has 2 rings (SSSR count). The molecular weight excluding hydrogens is 306 g/mol. The summed E-state index contributed by atoms with van der Waals surface area (Å²) in [6.07, 6.45) is 2.20. The zero-order chi connectivity index (χ0) is 14.9. The highest BCUT2D eigenvalue weighted by atomic mass is 32.1. The molecular formula is C12H8F2N2O2S2. The van der Waals surface area contributed by atoms with E-state index in [-0.39, 0.29) is 31.3 Å². The van der Waals surface area contributed by atoms with Crippen LogP contribution in [-0.2, 0) is 0 Å². The molecule has 104 valence electrons. The topological polar surface area (TPSA) is 59.9 Å². The molecule has 0 bridgehead atoms. The average molecular weight is 314 g/mol. The van der Waals surface area contributed by atoms with E-state index in [2.05, 4.69) is 9.97 Å². The maximum absolute atomic E-state index is 14.0. The van der Waals surface area contributed by atoms with Crippen molar-refractivity contribution in [3.05, 3.63) is 32.2 Å². The molecule has 2 heterocycles. The maximum atomic E-state index is 14.0.